The molecule has 2 N–H and O–H groups in total. The Morgan fingerprint density at radius 2 is 1.85 bits per heavy atom. The highest BCUT2D eigenvalue weighted by Gasteiger charge is 2.17. The molecule has 7 heteroatoms. The number of carbonyl (C=O) groups excluding carboxylic acids is 2. The molecule has 2 amide bonds. The third kappa shape index (κ3) is 5.50. The van der Waals surface area contributed by atoms with Crippen LogP contribution in [-0.2, 0) is 14.3 Å². The number of methoxy groups -OCH3 is 2. The van der Waals surface area contributed by atoms with Crippen LogP contribution in [0.1, 0.15) is 11.7 Å². The number of rotatable bonds is 7. The van der Waals surface area contributed by atoms with Crippen molar-refractivity contribution in [1.29, 1.82) is 0 Å². The first kappa shape index (κ1) is 19.8. The van der Waals surface area contributed by atoms with Crippen LogP contribution >= 0.6 is 11.8 Å². The number of hydrogen-bond acceptors (Lipinski definition) is 5. The number of anilines is 1. The Bertz CT molecular complexity index is 767. The van der Waals surface area contributed by atoms with Gasteiger partial charge in [-0.3, -0.25) is 9.59 Å². The van der Waals surface area contributed by atoms with Crippen LogP contribution in [0.2, 0.25) is 0 Å². The first-order valence-corrected chi connectivity index (χ1v) is 9.19. The van der Waals surface area contributed by atoms with E-state index in [0.29, 0.717) is 11.4 Å². The molecule has 0 fully saturated rings. The molecule has 0 saturated carbocycles. The molecule has 26 heavy (non-hydrogen) atoms. The molecule has 0 aliphatic rings. The van der Waals surface area contributed by atoms with E-state index in [9.17, 15) is 9.59 Å². The minimum absolute atomic E-state index is 0.167. The maximum absolute atomic E-state index is 12.1. The first-order chi connectivity index (χ1) is 12.6. The molecule has 2 aromatic rings. The maximum Gasteiger partial charge on any atom is 0.313 e. The average Bonchev–Trinajstić information content (AvgIpc) is 2.68. The fraction of sp³-hybridized carbons (Fsp3) is 0.263. The van der Waals surface area contributed by atoms with Gasteiger partial charge in [0.15, 0.2) is 0 Å². The fourth-order valence-corrected chi connectivity index (χ4v) is 2.79. The Kier molecular flexibility index (Phi) is 7.50. The summed E-state index contributed by atoms with van der Waals surface area (Å²) in [4.78, 5) is 25.1. The van der Waals surface area contributed by atoms with Crippen LogP contribution in [0.4, 0.5) is 5.69 Å². The van der Waals surface area contributed by atoms with E-state index in [4.69, 9.17) is 9.47 Å². The lowest BCUT2D eigenvalue weighted by Gasteiger charge is -2.17. The largest absolute Gasteiger partial charge is 0.497 e. The normalized spacial score (nSPS) is 11.5. The van der Waals surface area contributed by atoms with Gasteiger partial charge < -0.3 is 20.1 Å². The minimum Gasteiger partial charge on any atom is -0.497 e. The average molecular weight is 374 g/mol. The molecule has 1 atom stereocenters. The summed E-state index contributed by atoms with van der Waals surface area (Å²) in [6, 6.07) is 14.7. The van der Waals surface area contributed by atoms with E-state index in [-0.39, 0.29) is 12.6 Å². The Labute approximate surface area is 157 Å². The van der Waals surface area contributed by atoms with E-state index in [1.54, 1.807) is 32.0 Å². The van der Waals surface area contributed by atoms with Crippen LogP contribution in [0.15, 0.2) is 53.4 Å². The van der Waals surface area contributed by atoms with Crippen molar-refractivity contribution in [3.8, 4) is 5.75 Å². The number of amides is 2. The van der Waals surface area contributed by atoms with E-state index in [0.717, 1.165) is 10.5 Å². The van der Waals surface area contributed by atoms with Crippen molar-refractivity contribution >= 4 is 29.3 Å². The van der Waals surface area contributed by atoms with E-state index in [1.807, 2.05) is 48.7 Å². The van der Waals surface area contributed by atoms with E-state index >= 15 is 0 Å². The van der Waals surface area contributed by atoms with Gasteiger partial charge in [-0.15, -0.1) is 11.8 Å². The predicted molar refractivity (Wildman–Crippen MR) is 103 cm³/mol. The third-order valence-electron chi connectivity index (χ3n) is 3.73. The molecule has 0 heterocycles. The summed E-state index contributed by atoms with van der Waals surface area (Å²) in [5.74, 6) is -0.740. The predicted octanol–water partition coefficient (Wildman–Crippen LogP) is 2.86. The maximum atomic E-state index is 12.1. The second-order valence-corrected chi connectivity index (χ2v) is 6.28. The quantitative estimate of drug-likeness (QED) is 0.576. The van der Waals surface area contributed by atoms with Gasteiger partial charge in [0.25, 0.3) is 0 Å². The molecule has 0 unspecified atom stereocenters. The highest BCUT2D eigenvalue weighted by molar-refractivity contribution is 7.98. The molecule has 0 saturated heterocycles. The van der Waals surface area contributed by atoms with Gasteiger partial charge in [-0.05, 0) is 42.2 Å². The molecule has 2 aromatic carbocycles. The van der Waals surface area contributed by atoms with E-state index in [2.05, 4.69) is 10.6 Å². The second kappa shape index (κ2) is 9.84. The lowest BCUT2D eigenvalue weighted by Crippen LogP contribution is -2.38. The van der Waals surface area contributed by atoms with Crippen molar-refractivity contribution in [3.63, 3.8) is 0 Å². The van der Waals surface area contributed by atoms with Crippen LogP contribution in [0.5, 0.6) is 5.75 Å². The van der Waals surface area contributed by atoms with E-state index < -0.39 is 11.8 Å². The number of ether oxygens (including phenoxy) is 2. The van der Waals surface area contributed by atoms with Crippen LogP contribution in [0, 0.1) is 0 Å². The molecule has 0 spiro atoms. The lowest BCUT2D eigenvalue weighted by atomic mass is 10.1. The number of hydrogen-bond donors (Lipinski definition) is 2. The Morgan fingerprint density at radius 3 is 2.54 bits per heavy atom. The van der Waals surface area contributed by atoms with Gasteiger partial charge in [0.2, 0.25) is 0 Å². The van der Waals surface area contributed by atoms with E-state index in [1.165, 1.54) is 0 Å². The van der Waals surface area contributed by atoms with Crippen LogP contribution in [0.25, 0.3) is 0 Å². The number of thioether (sulfide) groups is 1. The van der Waals surface area contributed by atoms with Gasteiger partial charge in [-0.25, -0.2) is 0 Å². The molecular formula is C19H22N2O4S. The SMILES string of the molecule is COc1cccc([C@H](CNC(=O)C(=O)Nc2cccc(SC)c2)OC)c1. The summed E-state index contributed by atoms with van der Waals surface area (Å²) < 4.78 is 10.6. The van der Waals surface area contributed by atoms with Crippen molar-refractivity contribution in [2.45, 2.75) is 11.0 Å². The number of carbonyl (C=O) groups is 2. The monoisotopic (exact) mass is 374 g/mol. The van der Waals surface area contributed by atoms with Crippen LogP contribution in [-0.4, -0.2) is 38.8 Å². The zero-order valence-corrected chi connectivity index (χ0v) is 15.8. The molecule has 0 aromatic heterocycles. The second-order valence-electron chi connectivity index (χ2n) is 5.40. The Morgan fingerprint density at radius 1 is 1.08 bits per heavy atom. The fourth-order valence-electron chi connectivity index (χ4n) is 2.33. The van der Waals surface area contributed by atoms with Gasteiger partial charge in [0.1, 0.15) is 5.75 Å². The smallest absolute Gasteiger partial charge is 0.313 e. The number of nitrogens with one attached hydrogen (secondary N) is 2. The molecular weight excluding hydrogens is 352 g/mol. The van der Waals surface area contributed by atoms with Gasteiger partial charge in [-0.1, -0.05) is 18.2 Å². The van der Waals surface area contributed by atoms with Gasteiger partial charge in [-0.2, -0.15) is 0 Å². The van der Waals surface area contributed by atoms with Crippen molar-refractivity contribution < 1.29 is 19.1 Å². The van der Waals surface area contributed by atoms with Crippen molar-refractivity contribution in [2.75, 3.05) is 32.3 Å². The summed E-state index contributed by atoms with van der Waals surface area (Å²) in [7, 11) is 3.13. The molecule has 6 nitrogen and oxygen atoms in total. The standard InChI is InChI=1S/C19H22N2O4S/c1-24-15-8-4-6-13(10-15)17(25-2)12-20-18(22)19(23)21-14-7-5-9-16(11-14)26-3/h4-11,17H,12H2,1-3H3,(H,20,22)(H,21,23)/t17-/m0/s1. The van der Waals surface area contributed by atoms with Gasteiger partial charge in [0, 0.05) is 24.2 Å². The van der Waals surface area contributed by atoms with Crippen molar-refractivity contribution in [2.24, 2.45) is 0 Å². The molecule has 2 rings (SSSR count). The Balaban J connectivity index is 1.93. The zero-order chi connectivity index (χ0) is 18.9. The van der Waals surface area contributed by atoms with Crippen LogP contribution < -0.4 is 15.4 Å². The lowest BCUT2D eigenvalue weighted by molar-refractivity contribution is -0.136. The Hall–Kier alpha value is -2.51. The highest BCUT2D eigenvalue weighted by Crippen LogP contribution is 2.21. The van der Waals surface area contributed by atoms with Crippen molar-refractivity contribution in [1.82, 2.24) is 5.32 Å². The van der Waals surface area contributed by atoms with Crippen LogP contribution in [0.3, 0.4) is 0 Å². The molecule has 0 aliphatic heterocycles. The summed E-state index contributed by atoms with van der Waals surface area (Å²) in [6.45, 7) is 0.167. The summed E-state index contributed by atoms with van der Waals surface area (Å²) >= 11 is 1.56. The highest BCUT2D eigenvalue weighted by atomic mass is 32.2. The number of benzene rings is 2. The summed E-state index contributed by atoms with van der Waals surface area (Å²) in [5, 5.41) is 5.19. The third-order valence-corrected chi connectivity index (χ3v) is 4.46. The van der Waals surface area contributed by atoms with Crippen molar-refractivity contribution in [3.05, 3.63) is 54.1 Å². The molecule has 138 valence electrons. The summed E-state index contributed by atoms with van der Waals surface area (Å²) in [5.41, 5.74) is 1.42. The summed E-state index contributed by atoms with van der Waals surface area (Å²) in [6.07, 6.45) is 1.55. The molecule has 0 bridgehead atoms. The zero-order valence-electron chi connectivity index (χ0n) is 14.9. The first-order valence-electron chi connectivity index (χ1n) is 7.97. The van der Waals surface area contributed by atoms with Gasteiger partial charge >= 0.3 is 11.8 Å². The topological polar surface area (TPSA) is 76.7 Å². The van der Waals surface area contributed by atoms with Gasteiger partial charge in [0.05, 0.1) is 13.2 Å². The molecule has 0 aliphatic carbocycles. The minimum atomic E-state index is -0.719. The molecule has 0 radical (unpaired) electrons.